The lowest BCUT2D eigenvalue weighted by Crippen LogP contribution is -2.47. The van der Waals surface area contributed by atoms with Crippen molar-refractivity contribution < 1.29 is 19.4 Å². The number of carbonyl (C=O) groups excluding carboxylic acids is 2. The number of phenolic OH excluding ortho intramolecular Hbond substituents is 1. The van der Waals surface area contributed by atoms with Gasteiger partial charge in [0.15, 0.2) is 5.11 Å². The van der Waals surface area contributed by atoms with Crippen molar-refractivity contribution in [3.05, 3.63) is 42.0 Å². The minimum absolute atomic E-state index is 0.116. The Morgan fingerprint density at radius 2 is 1.84 bits per heavy atom. The Kier molecular flexibility index (Phi) is 6.53. The number of benzene rings is 2. The van der Waals surface area contributed by atoms with Crippen molar-refractivity contribution in [1.82, 2.24) is 16.2 Å². The molecular formula is C17H19N3O4S. The minimum atomic E-state index is -0.512. The third kappa shape index (κ3) is 5.32. The zero-order chi connectivity index (χ0) is 18.2. The van der Waals surface area contributed by atoms with E-state index in [-0.39, 0.29) is 28.8 Å². The molecule has 0 atom stereocenters. The van der Waals surface area contributed by atoms with Gasteiger partial charge in [0.2, 0.25) is 0 Å². The molecule has 7 nitrogen and oxygen atoms in total. The van der Waals surface area contributed by atoms with Crippen LogP contribution in [0.25, 0.3) is 10.8 Å². The first-order valence-corrected chi connectivity index (χ1v) is 8.05. The van der Waals surface area contributed by atoms with Crippen molar-refractivity contribution in [1.29, 1.82) is 0 Å². The highest BCUT2D eigenvalue weighted by Gasteiger charge is 2.12. The molecule has 8 heteroatoms. The first-order chi connectivity index (χ1) is 12.0. The van der Waals surface area contributed by atoms with Gasteiger partial charge in [0.25, 0.3) is 5.91 Å². The highest BCUT2D eigenvalue weighted by atomic mass is 32.1. The van der Waals surface area contributed by atoms with Crippen LogP contribution in [0.2, 0.25) is 0 Å². The van der Waals surface area contributed by atoms with Crippen LogP contribution in [0.3, 0.4) is 0 Å². The second-order valence-corrected chi connectivity index (χ2v) is 5.64. The lowest BCUT2D eigenvalue weighted by molar-refractivity contribution is -0.140. The molecule has 0 aromatic heterocycles. The fourth-order valence-electron chi connectivity index (χ4n) is 2.17. The second-order valence-electron chi connectivity index (χ2n) is 5.23. The SMILES string of the molecule is COC(=O)CCCNC(=S)NNC(=O)c1cc2ccccc2cc1O. The fourth-order valence-corrected chi connectivity index (χ4v) is 2.33. The molecule has 0 heterocycles. The van der Waals surface area contributed by atoms with Gasteiger partial charge in [-0.25, -0.2) is 0 Å². The van der Waals surface area contributed by atoms with Crippen LogP contribution >= 0.6 is 12.2 Å². The lowest BCUT2D eigenvalue weighted by atomic mass is 10.1. The summed E-state index contributed by atoms with van der Waals surface area (Å²) < 4.78 is 4.53. The summed E-state index contributed by atoms with van der Waals surface area (Å²) >= 11 is 5.02. The van der Waals surface area contributed by atoms with Gasteiger partial charge in [-0.15, -0.1) is 0 Å². The number of hydrogen-bond donors (Lipinski definition) is 4. The highest BCUT2D eigenvalue weighted by Crippen LogP contribution is 2.24. The van der Waals surface area contributed by atoms with Crippen LogP contribution in [0.1, 0.15) is 23.2 Å². The maximum atomic E-state index is 12.2. The van der Waals surface area contributed by atoms with E-state index in [0.717, 1.165) is 10.8 Å². The topological polar surface area (TPSA) is 99.7 Å². The van der Waals surface area contributed by atoms with Gasteiger partial charge in [0, 0.05) is 13.0 Å². The Labute approximate surface area is 150 Å². The molecule has 0 fully saturated rings. The lowest BCUT2D eigenvalue weighted by Gasteiger charge is -2.12. The molecule has 0 radical (unpaired) electrons. The zero-order valence-corrected chi connectivity index (χ0v) is 14.5. The monoisotopic (exact) mass is 361 g/mol. The zero-order valence-electron chi connectivity index (χ0n) is 13.7. The summed E-state index contributed by atoms with van der Waals surface area (Å²) in [5.74, 6) is -0.919. The van der Waals surface area contributed by atoms with E-state index in [2.05, 4.69) is 20.9 Å². The third-order valence-electron chi connectivity index (χ3n) is 3.47. The molecule has 0 saturated carbocycles. The van der Waals surface area contributed by atoms with E-state index < -0.39 is 5.91 Å². The summed E-state index contributed by atoms with van der Waals surface area (Å²) in [6.07, 6.45) is 0.831. The second kappa shape index (κ2) is 8.84. The number of methoxy groups -OCH3 is 1. The van der Waals surface area contributed by atoms with Gasteiger partial charge in [-0.2, -0.15) is 0 Å². The predicted molar refractivity (Wildman–Crippen MR) is 98.1 cm³/mol. The minimum Gasteiger partial charge on any atom is -0.507 e. The van der Waals surface area contributed by atoms with Gasteiger partial charge in [-0.1, -0.05) is 24.3 Å². The summed E-state index contributed by atoms with van der Waals surface area (Å²) in [5.41, 5.74) is 5.11. The van der Waals surface area contributed by atoms with E-state index in [1.54, 1.807) is 6.07 Å². The number of esters is 1. The molecule has 2 aromatic rings. The van der Waals surface area contributed by atoms with Crippen LogP contribution in [0.15, 0.2) is 36.4 Å². The van der Waals surface area contributed by atoms with Crippen LogP contribution in [0.4, 0.5) is 0 Å². The molecule has 132 valence electrons. The summed E-state index contributed by atoms with van der Waals surface area (Å²) in [6, 6.07) is 10.6. The number of nitrogens with one attached hydrogen (secondary N) is 3. The van der Waals surface area contributed by atoms with Crippen molar-refractivity contribution in [2.24, 2.45) is 0 Å². The number of fused-ring (bicyclic) bond motifs is 1. The quantitative estimate of drug-likeness (QED) is 0.278. The molecule has 0 aliphatic carbocycles. The van der Waals surface area contributed by atoms with Crippen molar-refractivity contribution in [2.45, 2.75) is 12.8 Å². The Balaban J connectivity index is 1.85. The number of ether oxygens (including phenoxy) is 1. The maximum absolute atomic E-state index is 12.2. The Hall–Kier alpha value is -2.87. The number of amides is 1. The average Bonchev–Trinajstić information content (AvgIpc) is 2.62. The molecule has 1 amide bonds. The molecule has 0 unspecified atom stereocenters. The molecule has 2 rings (SSSR count). The first-order valence-electron chi connectivity index (χ1n) is 7.64. The Morgan fingerprint density at radius 3 is 2.52 bits per heavy atom. The van der Waals surface area contributed by atoms with Crippen molar-refractivity contribution in [3.63, 3.8) is 0 Å². The van der Waals surface area contributed by atoms with Crippen LogP contribution in [-0.2, 0) is 9.53 Å². The van der Waals surface area contributed by atoms with Gasteiger partial charge in [-0.05, 0) is 41.5 Å². The van der Waals surface area contributed by atoms with Crippen LogP contribution in [0.5, 0.6) is 5.75 Å². The molecule has 0 saturated heterocycles. The maximum Gasteiger partial charge on any atom is 0.305 e. The predicted octanol–water partition coefficient (Wildman–Crippen LogP) is 1.61. The largest absolute Gasteiger partial charge is 0.507 e. The molecular weight excluding hydrogens is 342 g/mol. The number of hydrazine groups is 1. The first kappa shape index (κ1) is 18.5. The van der Waals surface area contributed by atoms with E-state index in [1.807, 2.05) is 24.3 Å². The van der Waals surface area contributed by atoms with Crippen molar-refractivity contribution >= 4 is 40.0 Å². The number of hydrogen-bond acceptors (Lipinski definition) is 5. The van der Waals surface area contributed by atoms with E-state index in [9.17, 15) is 14.7 Å². The standard InChI is InChI=1S/C17H19N3O4S/c1-24-15(22)7-4-8-18-17(25)20-19-16(23)13-9-11-5-2-3-6-12(11)10-14(13)21/h2-3,5-6,9-10,21H,4,7-8H2,1H3,(H,19,23)(H2,18,20,25). The molecule has 2 aromatic carbocycles. The molecule has 0 bridgehead atoms. The van der Waals surface area contributed by atoms with Gasteiger partial charge in [-0.3, -0.25) is 20.4 Å². The average molecular weight is 361 g/mol. The summed E-state index contributed by atoms with van der Waals surface area (Å²) in [5, 5.41) is 14.7. The summed E-state index contributed by atoms with van der Waals surface area (Å²) in [7, 11) is 1.33. The van der Waals surface area contributed by atoms with Gasteiger partial charge in [0.05, 0.1) is 12.7 Å². The third-order valence-corrected chi connectivity index (χ3v) is 3.72. The number of aromatic hydroxyl groups is 1. The van der Waals surface area contributed by atoms with Crippen molar-refractivity contribution in [2.75, 3.05) is 13.7 Å². The molecule has 25 heavy (non-hydrogen) atoms. The molecule has 0 spiro atoms. The molecule has 4 N–H and O–H groups in total. The highest BCUT2D eigenvalue weighted by molar-refractivity contribution is 7.80. The van der Waals surface area contributed by atoms with Crippen LogP contribution in [0, 0.1) is 0 Å². The van der Waals surface area contributed by atoms with Crippen molar-refractivity contribution in [3.8, 4) is 5.75 Å². The van der Waals surface area contributed by atoms with Crippen LogP contribution < -0.4 is 16.2 Å². The van der Waals surface area contributed by atoms with Crippen LogP contribution in [-0.4, -0.2) is 35.8 Å². The fraction of sp³-hybridized carbons (Fsp3) is 0.235. The smallest absolute Gasteiger partial charge is 0.305 e. The number of carbonyl (C=O) groups is 2. The normalized spacial score (nSPS) is 10.1. The van der Waals surface area contributed by atoms with Gasteiger partial charge in [0.1, 0.15) is 5.75 Å². The molecule has 0 aliphatic rings. The number of phenols is 1. The Bertz CT molecular complexity index is 795. The summed E-state index contributed by atoms with van der Waals surface area (Å²) in [6.45, 7) is 0.456. The Morgan fingerprint density at radius 1 is 1.16 bits per heavy atom. The summed E-state index contributed by atoms with van der Waals surface area (Å²) in [4.78, 5) is 23.2. The number of thiocarbonyl (C=S) groups is 1. The van der Waals surface area contributed by atoms with E-state index in [4.69, 9.17) is 12.2 Å². The number of rotatable bonds is 5. The van der Waals surface area contributed by atoms with E-state index in [1.165, 1.54) is 13.2 Å². The van der Waals surface area contributed by atoms with Gasteiger partial charge < -0.3 is 15.2 Å². The van der Waals surface area contributed by atoms with E-state index in [0.29, 0.717) is 13.0 Å². The van der Waals surface area contributed by atoms with Gasteiger partial charge >= 0.3 is 5.97 Å². The molecule has 0 aliphatic heterocycles. The van der Waals surface area contributed by atoms with E-state index >= 15 is 0 Å².